The van der Waals surface area contributed by atoms with E-state index in [1.807, 2.05) is 0 Å². The summed E-state index contributed by atoms with van der Waals surface area (Å²) in [5.41, 5.74) is 0.0434. The monoisotopic (exact) mass is 274 g/mol. The van der Waals surface area contributed by atoms with E-state index in [1.54, 1.807) is 0 Å². The van der Waals surface area contributed by atoms with Gasteiger partial charge in [0.15, 0.2) is 16.7 Å². The highest BCUT2D eigenvalue weighted by atomic mass is 32.1. The summed E-state index contributed by atoms with van der Waals surface area (Å²) in [5, 5.41) is 15.2. The molecule has 0 aliphatic heterocycles. The van der Waals surface area contributed by atoms with Gasteiger partial charge in [0.25, 0.3) is 0 Å². The van der Waals surface area contributed by atoms with E-state index >= 15 is 0 Å². The number of unbranched alkanes of at least 4 members (excludes halogenated alkanes) is 2. The highest BCUT2D eigenvalue weighted by molar-refractivity contribution is 7.80. The first kappa shape index (κ1) is 14.6. The molecule has 0 saturated heterocycles. The SMILES string of the molecule is CCCCCNC(=S)Nc1ccc(F)c(F)c1O. The van der Waals surface area contributed by atoms with Gasteiger partial charge in [-0.25, -0.2) is 4.39 Å². The Morgan fingerprint density at radius 3 is 2.72 bits per heavy atom. The summed E-state index contributed by atoms with van der Waals surface area (Å²) >= 11 is 4.97. The first-order chi connectivity index (χ1) is 8.56. The molecule has 0 amide bonds. The van der Waals surface area contributed by atoms with E-state index in [9.17, 15) is 13.9 Å². The molecular weight excluding hydrogens is 258 g/mol. The van der Waals surface area contributed by atoms with Crippen molar-refractivity contribution in [3.63, 3.8) is 0 Å². The van der Waals surface area contributed by atoms with Crippen molar-refractivity contribution < 1.29 is 13.9 Å². The summed E-state index contributed by atoms with van der Waals surface area (Å²) in [4.78, 5) is 0. The number of thiocarbonyl (C=S) groups is 1. The standard InChI is InChI=1S/C12H16F2N2OS/c1-2-3-4-7-15-12(18)16-9-6-5-8(13)10(14)11(9)17/h5-6,17H,2-4,7H2,1H3,(H2,15,16,18). The van der Waals surface area contributed by atoms with E-state index < -0.39 is 17.4 Å². The molecule has 0 aliphatic carbocycles. The first-order valence-corrected chi connectivity index (χ1v) is 6.19. The van der Waals surface area contributed by atoms with Gasteiger partial charge in [0, 0.05) is 6.54 Å². The van der Waals surface area contributed by atoms with E-state index in [4.69, 9.17) is 12.2 Å². The van der Waals surface area contributed by atoms with Gasteiger partial charge in [-0.05, 0) is 30.8 Å². The molecule has 0 aromatic heterocycles. The average molecular weight is 274 g/mol. The summed E-state index contributed by atoms with van der Waals surface area (Å²) < 4.78 is 25.8. The van der Waals surface area contributed by atoms with Crippen LogP contribution in [-0.4, -0.2) is 16.8 Å². The molecule has 3 nitrogen and oxygen atoms in total. The first-order valence-electron chi connectivity index (χ1n) is 5.78. The molecule has 1 aromatic rings. The average Bonchev–Trinajstić information content (AvgIpc) is 2.35. The fourth-order valence-corrected chi connectivity index (χ4v) is 1.60. The van der Waals surface area contributed by atoms with E-state index in [0.29, 0.717) is 6.54 Å². The zero-order valence-corrected chi connectivity index (χ0v) is 10.9. The normalized spacial score (nSPS) is 10.2. The number of nitrogens with one attached hydrogen (secondary N) is 2. The van der Waals surface area contributed by atoms with Crippen molar-refractivity contribution in [3.05, 3.63) is 23.8 Å². The number of phenols is 1. The van der Waals surface area contributed by atoms with E-state index in [-0.39, 0.29) is 10.8 Å². The molecule has 0 unspecified atom stereocenters. The number of benzene rings is 1. The molecule has 0 heterocycles. The van der Waals surface area contributed by atoms with Crippen molar-refractivity contribution in [1.29, 1.82) is 0 Å². The molecule has 1 rings (SSSR count). The van der Waals surface area contributed by atoms with Crippen molar-refractivity contribution in [2.24, 2.45) is 0 Å². The van der Waals surface area contributed by atoms with Crippen LogP contribution in [0.3, 0.4) is 0 Å². The van der Waals surface area contributed by atoms with Crippen molar-refractivity contribution in [3.8, 4) is 5.75 Å². The van der Waals surface area contributed by atoms with E-state index in [2.05, 4.69) is 17.6 Å². The Labute approximate surface area is 110 Å². The summed E-state index contributed by atoms with van der Waals surface area (Å²) in [6.07, 6.45) is 3.17. The van der Waals surface area contributed by atoms with Gasteiger partial charge in [-0.1, -0.05) is 19.8 Å². The smallest absolute Gasteiger partial charge is 0.202 e. The molecule has 18 heavy (non-hydrogen) atoms. The number of halogens is 2. The van der Waals surface area contributed by atoms with E-state index in [0.717, 1.165) is 25.3 Å². The quantitative estimate of drug-likeness (QED) is 0.438. The fourth-order valence-electron chi connectivity index (χ4n) is 1.38. The van der Waals surface area contributed by atoms with Gasteiger partial charge in [0.1, 0.15) is 0 Å². The highest BCUT2D eigenvalue weighted by Crippen LogP contribution is 2.27. The molecule has 6 heteroatoms. The Balaban J connectivity index is 2.52. The van der Waals surface area contributed by atoms with Crippen LogP contribution in [0.4, 0.5) is 14.5 Å². The van der Waals surface area contributed by atoms with Crippen molar-refractivity contribution in [2.45, 2.75) is 26.2 Å². The van der Waals surface area contributed by atoms with Crippen LogP contribution in [0.2, 0.25) is 0 Å². The van der Waals surface area contributed by atoms with Crippen LogP contribution < -0.4 is 10.6 Å². The van der Waals surface area contributed by atoms with Crippen LogP contribution in [0.15, 0.2) is 12.1 Å². The molecule has 0 bridgehead atoms. The van der Waals surface area contributed by atoms with Crippen molar-refractivity contribution in [2.75, 3.05) is 11.9 Å². The maximum Gasteiger partial charge on any atom is 0.202 e. The third kappa shape index (κ3) is 4.10. The topological polar surface area (TPSA) is 44.3 Å². The predicted molar refractivity (Wildman–Crippen MR) is 71.8 cm³/mol. The minimum absolute atomic E-state index is 0.0434. The third-order valence-electron chi connectivity index (χ3n) is 2.38. The molecule has 0 aliphatic rings. The number of phenolic OH excluding ortho intramolecular Hbond substituents is 1. The van der Waals surface area contributed by atoms with Crippen LogP contribution >= 0.6 is 12.2 Å². The van der Waals surface area contributed by atoms with Crippen LogP contribution in [0.25, 0.3) is 0 Å². The van der Waals surface area contributed by atoms with Crippen LogP contribution in [0.1, 0.15) is 26.2 Å². The number of anilines is 1. The number of hydrogen-bond donors (Lipinski definition) is 3. The number of hydrogen-bond acceptors (Lipinski definition) is 2. The Morgan fingerprint density at radius 2 is 2.06 bits per heavy atom. The Bertz CT molecular complexity index is 427. The van der Waals surface area contributed by atoms with Gasteiger partial charge < -0.3 is 15.7 Å². The summed E-state index contributed by atoms with van der Waals surface area (Å²) in [6, 6.07) is 2.16. The molecule has 100 valence electrons. The lowest BCUT2D eigenvalue weighted by Gasteiger charge is -2.11. The van der Waals surface area contributed by atoms with Crippen LogP contribution in [0.5, 0.6) is 5.75 Å². The van der Waals surface area contributed by atoms with Gasteiger partial charge in [0.2, 0.25) is 5.82 Å². The summed E-state index contributed by atoms with van der Waals surface area (Å²) in [7, 11) is 0. The molecule has 0 saturated carbocycles. The van der Waals surface area contributed by atoms with Gasteiger partial charge in [-0.3, -0.25) is 0 Å². The van der Waals surface area contributed by atoms with Gasteiger partial charge in [-0.15, -0.1) is 0 Å². The zero-order chi connectivity index (χ0) is 13.5. The Morgan fingerprint density at radius 1 is 1.33 bits per heavy atom. The van der Waals surface area contributed by atoms with Crippen LogP contribution in [0, 0.1) is 11.6 Å². The van der Waals surface area contributed by atoms with Crippen molar-refractivity contribution >= 4 is 23.0 Å². The van der Waals surface area contributed by atoms with Gasteiger partial charge >= 0.3 is 0 Å². The number of rotatable bonds is 5. The largest absolute Gasteiger partial charge is 0.503 e. The second kappa shape index (κ2) is 7.10. The van der Waals surface area contributed by atoms with Gasteiger partial charge in [-0.2, -0.15) is 4.39 Å². The Hall–Kier alpha value is -1.43. The number of aromatic hydroxyl groups is 1. The molecular formula is C12H16F2N2OS. The molecule has 1 aromatic carbocycles. The second-order valence-electron chi connectivity index (χ2n) is 3.85. The lowest BCUT2D eigenvalue weighted by molar-refractivity contribution is 0.409. The molecule has 0 atom stereocenters. The molecule has 0 radical (unpaired) electrons. The Kier molecular flexibility index (Phi) is 5.77. The van der Waals surface area contributed by atoms with E-state index in [1.165, 1.54) is 6.07 Å². The minimum atomic E-state index is -1.28. The summed E-state index contributed by atoms with van der Waals surface area (Å²) in [5.74, 6) is -3.15. The van der Waals surface area contributed by atoms with Gasteiger partial charge in [0.05, 0.1) is 5.69 Å². The third-order valence-corrected chi connectivity index (χ3v) is 2.63. The summed E-state index contributed by atoms with van der Waals surface area (Å²) in [6.45, 7) is 2.79. The second-order valence-corrected chi connectivity index (χ2v) is 4.25. The zero-order valence-electron chi connectivity index (χ0n) is 10.1. The predicted octanol–water partition coefficient (Wildman–Crippen LogP) is 3.15. The maximum absolute atomic E-state index is 13.1. The molecule has 0 fully saturated rings. The fraction of sp³-hybridized carbons (Fsp3) is 0.417. The minimum Gasteiger partial charge on any atom is -0.503 e. The van der Waals surface area contributed by atoms with Crippen molar-refractivity contribution in [1.82, 2.24) is 5.32 Å². The van der Waals surface area contributed by atoms with Crippen LogP contribution in [-0.2, 0) is 0 Å². The molecule has 3 N–H and O–H groups in total. The lowest BCUT2D eigenvalue weighted by Crippen LogP contribution is -2.29. The lowest BCUT2D eigenvalue weighted by atomic mass is 10.2. The highest BCUT2D eigenvalue weighted by Gasteiger charge is 2.12. The maximum atomic E-state index is 13.1. The molecule has 0 spiro atoms.